The Kier molecular flexibility index (Phi) is 5.72. The molecule has 0 saturated heterocycles. The summed E-state index contributed by atoms with van der Waals surface area (Å²) >= 11 is 0. The van der Waals surface area contributed by atoms with Gasteiger partial charge >= 0.3 is 5.97 Å². The Morgan fingerprint density at radius 3 is 2.59 bits per heavy atom. The number of hydrogen-bond acceptors (Lipinski definition) is 5. The van der Waals surface area contributed by atoms with Crippen LogP contribution in [0.1, 0.15) is 35.3 Å². The lowest BCUT2D eigenvalue weighted by Gasteiger charge is -2.12. The van der Waals surface area contributed by atoms with Crippen LogP contribution in [-0.2, 0) is 20.7 Å². The fourth-order valence-corrected chi connectivity index (χ4v) is 3.75. The van der Waals surface area contributed by atoms with Gasteiger partial charge in [0.15, 0.2) is 0 Å². The predicted octanol–water partition coefficient (Wildman–Crippen LogP) is 3.56. The number of rotatable bonds is 6. The van der Waals surface area contributed by atoms with Crippen LogP contribution in [-0.4, -0.2) is 34.7 Å². The summed E-state index contributed by atoms with van der Waals surface area (Å²) in [6, 6.07) is 11.6. The Labute approximate surface area is 183 Å². The Hall–Kier alpha value is -4.01. The third-order valence-electron chi connectivity index (χ3n) is 5.30. The first-order valence-electron chi connectivity index (χ1n) is 10.1. The van der Waals surface area contributed by atoms with Crippen LogP contribution in [0.2, 0.25) is 0 Å². The number of hydrogen-bond donors (Lipinski definition) is 2. The highest BCUT2D eigenvalue weighted by molar-refractivity contribution is 6.05. The van der Waals surface area contributed by atoms with Gasteiger partial charge in [-0.15, -0.1) is 0 Å². The summed E-state index contributed by atoms with van der Waals surface area (Å²) in [4.78, 5) is 37.2. The second-order valence-corrected chi connectivity index (χ2v) is 7.28. The fourth-order valence-electron chi connectivity index (χ4n) is 3.75. The number of nitrogens with zero attached hydrogens (tertiary/aromatic N) is 2. The number of halogens is 1. The lowest BCUT2D eigenvalue weighted by Crippen LogP contribution is -2.24. The van der Waals surface area contributed by atoms with Crippen LogP contribution in [0.15, 0.2) is 48.5 Å². The van der Waals surface area contributed by atoms with Crippen LogP contribution >= 0.6 is 0 Å². The molecule has 2 heterocycles. The highest BCUT2D eigenvalue weighted by Crippen LogP contribution is 2.36. The molecule has 2 N–H and O–H groups in total. The van der Waals surface area contributed by atoms with E-state index < -0.39 is 17.9 Å². The Balaban J connectivity index is 1.59. The van der Waals surface area contributed by atoms with Crippen LogP contribution < -0.4 is 10.6 Å². The first kappa shape index (κ1) is 21.2. The van der Waals surface area contributed by atoms with Crippen LogP contribution in [0.5, 0.6) is 0 Å². The lowest BCUT2D eigenvalue weighted by molar-refractivity contribution is -0.123. The van der Waals surface area contributed by atoms with Crippen LogP contribution in [0.25, 0.3) is 11.3 Å². The normalized spacial score (nSPS) is 14.6. The minimum atomic E-state index is -0.852. The molecular weight excluding hydrogens is 415 g/mol. The Morgan fingerprint density at radius 1 is 1.19 bits per heavy atom. The van der Waals surface area contributed by atoms with E-state index in [2.05, 4.69) is 15.7 Å². The molecule has 8 nitrogen and oxygen atoms in total. The van der Waals surface area contributed by atoms with Crippen molar-refractivity contribution in [3.05, 3.63) is 65.5 Å². The molecule has 164 valence electrons. The molecule has 1 aliphatic rings. The maximum absolute atomic E-state index is 13.3. The molecule has 9 heteroatoms. The summed E-state index contributed by atoms with van der Waals surface area (Å²) in [5.74, 6) is -1.20. The summed E-state index contributed by atoms with van der Waals surface area (Å²) in [7, 11) is 1.26. The third-order valence-corrected chi connectivity index (χ3v) is 5.30. The summed E-state index contributed by atoms with van der Waals surface area (Å²) in [6.07, 6.45) is 0.412. The molecule has 0 saturated carbocycles. The Morgan fingerprint density at radius 2 is 1.91 bits per heavy atom. The molecule has 1 aliphatic heterocycles. The second-order valence-electron chi connectivity index (χ2n) is 7.28. The molecule has 2 amide bonds. The maximum Gasteiger partial charge on any atom is 0.339 e. The number of para-hydroxylation sites is 1. The van der Waals surface area contributed by atoms with Crippen molar-refractivity contribution in [2.75, 3.05) is 17.7 Å². The zero-order chi connectivity index (χ0) is 22.8. The molecule has 1 aromatic heterocycles. The molecule has 1 atom stereocenters. The minimum absolute atomic E-state index is 0.179. The van der Waals surface area contributed by atoms with Gasteiger partial charge in [0.25, 0.3) is 5.91 Å². The number of anilines is 2. The van der Waals surface area contributed by atoms with Gasteiger partial charge in [-0.2, -0.15) is 5.10 Å². The quantitative estimate of drug-likeness (QED) is 0.576. The molecule has 0 aliphatic carbocycles. The molecule has 0 spiro atoms. The number of benzene rings is 2. The third kappa shape index (κ3) is 3.84. The van der Waals surface area contributed by atoms with Crippen molar-refractivity contribution in [1.82, 2.24) is 9.78 Å². The lowest BCUT2D eigenvalue weighted by atomic mass is 10.1. The van der Waals surface area contributed by atoms with Crippen LogP contribution in [0.3, 0.4) is 0 Å². The summed E-state index contributed by atoms with van der Waals surface area (Å²) in [6.45, 7) is 1.93. The molecule has 2 aromatic carbocycles. The number of fused-ring (bicyclic) bond motifs is 1. The second kappa shape index (κ2) is 8.62. The number of amides is 2. The highest BCUT2D eigenvalue weighted by atomic mass is 19.1. The number of carbonyl (C=O) groups excluding carboxylic acids is 3. The van der Waals surface area contributed by atoms with Gasteiger partial charge in [-0.05, 0) is 42.8 Å². The van der Waals surface area contributed by atoms with E-state index in [1.54, 1.807) is 30.3 Å². The van der Waals surface area contributed by atoms with Crippen molar-refractivity contribution >= 4 is 29.3 Å². The topological polar surface area (TPSA) is 102 Å². The van der Waals surface area contributed by atoms with Crippen molar-refractivity contribution in [2.24, 2.45) is 0 Å². The smallest absolute Gasteiger partial charge is 0.339 e. The summed E-state index contributed by atoms with van der Waals surface area (Å²) in [5, 5.41) is 10.1. The molecule has 3 aromatic rings. The summed E-state index contributed by atoms with van der Waals surface area (Å²) < 4.78 is 19.6. The van der Waals surface area contributed by atoms with E-state index >= 15 is 0 Å². The molecule has 0 unspecified atom stereocenters. The number of carbonyl (C=O) groups is 3. The van der Waals surface area contributed by atoms with E-state index in [1.807, 2.05) is 6.92 Å². The number of aromatic nitrogens is 2. The SMILES string of the molecule is CCc1c(-c2ccc(F)cc2)nn2c1NC(=O)[C@H]2CC(=O)Nc1ccccc1C(=O)OC. The van der Waals surface area contributed by atoms with Gasteiger partial charge in [-0.1, -0.05) is 19.1 Å². The Bertz CT molecular complexity index is 1200. The average molecular weight is 436 g/mol. The summed E-state index contributed by atoms with van der Waals surface area (Å²) in [5.41, 5.74) is 2.66. The van der Waals surface area contributed by atoms with Crippen molar-refractivity contribution in [3.63, 3.8) is 0 Å². The molecule has 0 radical (unpaired) electrons. The van der Waals surface area contributed by atoms with E-state index in [0.29, 0.717) is 23.6 Å². The standard InChI is InChI=1S/C23H21FN4O4/c1-3-15-20(13-8-10-14(24)11-9-13)27-28-18(22(30)26-21(15)28)12-19(29)25-17-7-5-4-6-16(17)23(31)32-2/h4-11,18H,3,12H2,1-2H3,(H,25,29)(H,26,30)/t18-/m1/s1. The van der Waals surface area contributed by atoms with Crippen LogP contribution in [0.4, 0.5) is 15.9 Å². The van der Waals surface area contributed by atoms with Crippen molar-refractivity contribution < 1.29 is 23.5 Å². The molecule has 0 bridgehead atoms. The van der Waals surface area contributed by atoms with E-state index in [-0.39, 0.29) is 23.7 Å². The van der Waals surface area contributed by atoms with Gasteiger partial charge in [0.1, 0.15) is 17.7 Å². The van der Waals surface area contributed by atoms with E-state index in [0.717, 1.165) is 11.1 Å². The van der Waals surface area contributed by atoms with Gasteiger partial charge in [0.05, 0.1) is 30.5 Å². The predicted molar refractivity (Wildman–Crippen MR) is 116 cm³/mol. The highest BCUT2D eigenvalue weighted by Gasteiger charge is 2.36. The van der Waals surface area contributed by atoms with E-state index in [4.69, 9.17) is 4.74 Å². The molecule has 0 fully saturated rings. The zero-order valence-electron chi connectivity index (χ0n) is 17.5. The van der Waals surface area contributed by atoms with Gasteiger partial charge in [0.2, 0.25) is 5.91 Å². The van der Waals surface area contributed by atoms with Gasteiger partial charge in [0, 0.05) is 11.1 Å². The van der Waals surface area contributed by atoms with Crippen LogP contribution in [0, 0.1) is 5.82 Å². The number of nitrogens with one attached hydrogen (secondary N) is 2. The first-order chi connectivity index (χ1) is 15.4. The maximum atomic E-state index is 13.3. The number of methoxy groups -OCH3 is 1. The fraction of sp³-hybridized carbons (Fsp3) is 0.217. The number of esters is 1. The molecule has 32 heavy (non-hydrogen) atoms. The monoisotopic (exact) mass is 436 g/mol. The minimum Gasteiger partial charge on any atom is -0.465 e. The van der Waals surface area contributed by atoms with E-state index in [1.165, 1.54) is 30.0 Å². The van der Waals surface area contributed by atoms with Crippen molar-refractivity contribution in [1.29, 1.82) is 0 Å². The van der Waals surface area contributed by atoms with Crippen molar-refractivity contribution in [2.45, 2.75) is 25.8 Å². The average Bonchev–Trinajstić information content (AvgIpc) is 3.29. The largest absolute Gasteiger partial charge is 0.465 e. The first-order valence-corrected chi connectivity index (χ1v) is 10.1. The van der Waals surface area contributed by atoms with Gasteiger partial charge in [-0.3, -0.25) is 9.59 Å². The zero-order valence-corrected chi connectivity index (χ0v) is 17.5. The van der Waals surface area contributed by atoms with Gasteiger partial charge < -0.3 is 15.4 Å². The number of ether oxygens (including phenoxy) is 1. The van der Waals surface area contributed by atoms with Crippen molar-refractivity contribution in [3.8, 4) is 11.3 Å². The molecular formula is C23H21FN4O4. The molecule has 4 rings (SSSR count). The van der Waals surface area contributed by atoms with Gasteiger partial charge in [-0.25, -0.2) is 13.9 Å². The van der Waals surface area contributed by atoms with E-state index in [9.17, 15) is 18.8 Å².